The highest BCUT2D eigenvalue weighted by Gasteiger charge is 2.30. The second-order valence-electron chi connectivity index (χ2n) is 8.24. The standard InChI is InChI=1S/C27H27BrCl2N2O3/c1-17-11-22(12-18(2)26(17)28)35-16-25(33)32(15-20-9-10-21(29)14-23(20)30)24(27(34)31-3)13-19-7-5-4-6-8-19/h4-12,14,24H,13,15-16H2,1-3H3,(H,31,34). The Morgan fingerprint density at radius 1 is 1.03 bits per heavy atom. The summed E-state index contributed by atoms with van der Waals surface area (Å²) < 4.78 is 6.87. The summed E-state index contributed by atoms with van der Waals surface area (Å²) in [6.45, 7) is 3.82. The van der Waals surface area contributed by atoms with Crippen molar-refractivity contribution in [1.29, 1.82) is 0 Å². The first-order valence-electron chi connectivity index (χ1n) is 11.1. The summed E-state index contributed by atoms with van der Waals surface area (Å²) in [5.74, 6) is -0.0260. The van der Waals surface area contributed by atoms with Gasteiger partial charge in [-0.15, -0.1) is 0 Å². The van der Waals surface area contributed by atoms with Crippen LogP contribution in [0.4, 0.5) is 0 Å². The van der Waals surface area contributed by atoms with E-state index >= 15 is 0 Å². The Bertz CT molecular complexity index is 1180. The third-order valence-electron chi connectivity index (χ3n) is 5.65. The quantitative estimate of drug-likeness (QED) is 0.332. The van der Waals surface area contributed by atoms with Crippen molar-refractivity contribution in [2.24, 2.45) is 0 Å². The fraction of sp³-hybridized carbons (Fsp3) is 0.259. The maximum Gasteiger partial charge on any atom is 0.261 e. The van der Waals surface area contributed by atoms with Gasteiger partial charge >= 0.3 is 0 Å². The zero-order valence-corrected chi connectivity index (χ0v) is 22.9. The molecule has 184 valence electrons. The number of halogens is 3. The molecule has 1 unspecified atom stereocenters. The van der Waals surface area contributed by atoms with Crippen molar-refractivity contribution in [2.75, 3.05) is 13.7 Å². The van der Waals surface area contributed by atoms with Gasteiger partial charge in [-0.25, -0.2) is 0 Å². The Morgan fingerprint density at radius 2 is 1.69 bits per heavy atom. The number of likely N-dealkylation sites (N-methyl/N-ethyl adjacent to an activating group) is 1. The lowest BCUT2D eigenvalue weighted by molar-refractivity contribution is -0.142. The number of hydrogen-bond donors (Lipinski definition) is 1. The monoisotopic (exact) mass is 576 g/mol. The van der Waals surface area contributed by atoms with E-state index < -0.39 is 6.04 Å². The van der Waals surface area contributed by atoms with Crippen molar-refractivity contribution >= 4 is 50.9 Å². The molecule has 0 saturated heterocycles. The number of hydrogen-bond acceptors (Lipinski definition) is 3. The molecule has 0 aliphatic carbocycles. The van der Waals surface area contributed by atoms with Crippen LogP contribution in [0.2, 0.25) is 10.0 Å². The molecule has 2 amide bonds. The zero-order valence-electron chi connectivity index (χ0n) is 19.8. The molecule has 1 N–H and O–H groups in total. The fourth-order valence-electron chi connectivity index (χ4n) is 3.77. The highest BCUT2D eigenvalue weighted by Crippen LogP contribution is 2.27. The van der Waals surface area contributed by atoms with Crippen LogP contribution < -0.4 is 10.1 Å². The van der Waals surface area contributed by atoms with E-state index in [1.54, 1.807) is 25.2 Å². The van der Waals surface area contributed by atoms with Crippen molar-refractivity contribution in [2.45, 2.75) is 32.9 Å². The molecule has 35 heavy (non-hydrogen) atoms. The van der Waals surface area contributed by atoms with E-state index in [0.29, 0.717) is 27.8 Å². The molecular formula is C27H27BrCl2N2O3. The number of nitrogens with zero attached hydrogens (tertiary/aromatic N) is 1. The summed E-state index contributed by atoms with van der Waals surface area (Å²) >= 11 is 16.0. The van der Waals surface area contributed by atoms with Gasteiger partial charge in [-0.05, 0) is 60.4 Å². The Balaban J connectivity index is 1.91. The summed E-state index contributed by atoms with van der Waals surface area (Å²) in [6.07, 6.45) is 0.341. The van der Waals surface area contributed by atoms with Crippen LogP contribution in [0.1, 0.15) is 22.3 Å². The van der Waals surface area contributed by atoms with E-state index in [2.05, 4.69) is 21.2 Å². The number of carbonyl (C=O) groups excluding carboxylic acids is 2. The lowest BCUT2D eigenvalue weighted by Crippen LogP contribution is -2.51. The molecule has 8 heteroatoms. The molecule has 3 rings (SSSR count). The number of amides is 2. The summed E-state index contributed by atoms with van der Waals surface area (Å²) in [7, 11) is 1.56. The van der Waals surface area contributed by atoms with Gasteiger partial charge in [-0.2, -0.15) is 0 Å². The van der Waals surface area contributed by atoms with Crippen LogP contribution in [-0.4, -0.2) is 36.4 Å². The van der Waals surface area contributed by atoms with E-state index in [1.165, 1.54) is 4.90 Å². The summed E-state index contributed by atoms with van der Waals surface area (Å²) in [6, 6.07) is 17.6. The summed E-state index contributed by atoms with van der Waals surface area (Å²) in [4.78, 5) is 28.0. The van der Waals surface area contributed by atoms with Crippen molar-refractivity contribution in [1.82, 2.24) is 10.2 Å². The molecule has 3 aromatic carbocycles. The first-order chi connectivity index (χ1) is 16.7. The van der Waals surface area contributed by atoms with Crippen LogP contribution in [0.5, 0.6) is 5.75 Å². The van der Waals surface area contributed by atoms with Gasteiger partial charge in [0, 0.05) is 34.5 Å². The first kappa shape index (κ1) is 27.1. The Labute approximate surface area is 224 Å². The van der Waals surface area contributed by atoms with E-state index in [0.717, 1.165) is 21.2 Å². The second kappa shape index (κ2) is 12.4. The van der Waals surface area contributed by atoms with Gasteiger partial charge in [0.1, 0.15) is 11.8 Å². The van der Waals surface area contributed by atoms with Gasteiger partial charge in [-0.1, -0.05) is 75.5 Å². The molecule has 3 aromatic rings. The molecule has 0 spiro atoms. The van der Waals surface area contributed by atoms with Gasteiger partial charge in [0.2, 0.25) is 5.91 Å². The van der Waals surface area contributed by atoms with Crippen LogP contribution in [-0.2, 0) is 22.6 Å². The number of aryl methyl sites for hydroxylation is 2. The van der Waals surface area contributed by atoms with Crippen LogP contribution >= 0.6 is 39.1 Å². The number of benzene rings is 3. The van der Waals surface area contributed by atoms with Crippen molar-refractivity contribution in [3.63, 3.8) is 0 Å². The molecule has 0 radical (unpaired) electrons. The maximum absolute atomic E-state index is 13.5. The average molecular weight is 578 g/mol. The lowest BCUT2D eigenvalue weighted by atomic mass is 10.0. The molecule has 0 aliphatic rings. The highest BCUT2D eigenvalue weighted by atomic mass is 79.9. The van der Waals surface area contributed by atoms with Gasteiger partial charge in [-0.3, -0.25) is 9.59 Å². The van der Waals surface area contributed by atoms with Crippen LogP contribution in [0.15, 0.2) is 65.1 Å². The Kier molecular flexibility index (Phi) is 9.61. The zero-order chi connectivity index (χ0) is 25.5. The van der Waals surface area contributed by atoms with E-state index in [4.69, 9.17) is 27.9 Å². The molecular weight excluding hydrogens is 551 g/mol. The maximum atomic E-state index is 13.5. The summed E-state index contributed by atoms with van der Waals surface area (Å²) in [5, 5.41) is 3.61. The lowest BCUT2D eigenvalue weighted by Gasteiger charge is -2.31. The molecule has 0 saturated carbocycles. The van der Waals surface area contributed by atoms with E-state index in [9.17, 15) is 9.59 Å². The molecule has 0 bridgehead atoms. The van der Waals surface area contributed by atoms with Gasteiger partial charge in [0.15, 0.2) is 6.61 Å². The molecule has 0 aromatic heterocycles. The van der Waals surface area contributed by atoms with E-state index in [1.807, 2.05) is 56.3 Å². The van der Waals surface area contributed by atoms with Gasteiger partial charge in [0.25, 0.3) is 5.91 Å². The van der Waals surface area contributed by atoms with Crippen LogP contribution in [0.3, 0.4) is 0 Å². The number of carbonyl (C=O) groups is 2. The smallest absolute Gasteiger partial charge is 0.261 e. The predicted octanol–water partition coefficient (Wildman–Crippen LogP) is 6.14. The topological polar surface area (TPSA) is 58.6 Å². The first-order valence-corrected chi connectivity index (χ1v) is 12.6. The average Bonchev–Trinajstić information content (AvgIpc) is 2.84. The minimum Gasteiger partial charge on any atom is -0.484 e. The minimum atomic E-state index is -0.765. The van der Waals surface area contributed by atoms with Crippen molar-refractivity contribution in [3.05, 3.63) is 97.4 Å². The number of rotatable bonds is 9. The minimum absolute atomic E-state index is 0.126. The Hall–Kier alpha value is -2.54. The molecule has 0 aliphatic heterocycles. The normalized spacial score (nSPS) is 11.6. The molecule has 5 nitrogen and oxygen atoms in total. The second-order valence-corrected chi connectivity index (χ2v) is 9.87. The highest BCUT2D eigenvalue weighted by molar-refractivity contribution is 9.10. The Morgan fingerprint density at radius 3 is 2.29 bits per heavy atom. The van der Waals surface area contributed by atoms with Gasteiger partial charge in [0.05, 0.1) is 0 Å². The SMILES string of the molecule is CNC(=O)C(Cc1ccccc1)N(Cc1ccc(Cl)cc1Cl)C(=O)COc1cc(C)c(Br)c(C)c1. The number of nitrogens with one attached hydrogen (secondary N) is 1. The van der Waals surface area contributed by atoms with Crippen molar-refractivity contribution in [3.8, 4) is 5.75 Å². The third kappa shape index (κ3) is 7.23. The van der Waals surface area contributed by atoms with Crippen LogP contribution in [0, 0.1) is 13.8 Å². The molecule has 0 heterocycles. The van der Waals surface area contributed by atoms with Gasteiger partial charge < -0.3 is 15.0 Å². The number of ether oxygens (including phenoxy) is 1. The fourth-order valence-corrected chi connectivity index (χ4v) is 4.47. The molecule has 1 atom stereocenters. The van der Waals surface area contributed by atoms with Crippen LogP contribution in [0.25, 0.3) is 0 Å². The summed E-state index contributed by atoms with van der Waals surface area (Å²) in [5.41, 5.74) is 3.62. The van der Waals surface area contributed by atoms with Crippen molar-refractivity contribution < 1.29 is 14.3 Å². The van der Waals surface area contributed by atoms with E-state index in [-0.39, 0.29) is 25.0 Å². The predicted molar refractivity (Wildman–Crippen MR) is 144 cm³/mol. The molecule has 0 fully saturated rings. The third-order valence-corrected chi connectivity index (χ3v) is 7.48. The largest absolute Gasteiger partial charge is 0.484 e.